The number of rotatable bonds is 32. The van der Waals surface area contributed by atoms with Gasteiger partial charge in [0, 0.05) is 146 Å². The molecule has 0 fully saturated rings. The Labute approximate surface area is 748 Å². The maximum Gasteiger partial charge on any atom is 0.264 e. The Bertz CT molecular complexity index is 6260. The number of para-hydroxylation sites is 4. The van der Waals surface area contributed by atoms with Gasteiger partial charge in [-0.3, -0.25) is 4.79 Å². The number of nitrogens with one attached hydrogen (secondary N) is 9. The summed E-state index contributed by atoms with van der Waals surface area (Å²) in [6, 6.07) is 69.5. The molecule has 7 aromatic heterocycles. The molecule has 0 amide bonds. The second kappa shape index (κ2) is 45.1. The quantitative estimate of drug-likeness (QED) is 0.0177. The molecule has 16 aromatic rings. The zero-order valence-corrected chi connectivity index (χ0v) is 72.3. The van der Waals surface area contributed by atoms with E-state index in [0.717, 1.165) is 209 Å². The molecule has 32 heteroatoms. The van der Waals surface area contributed by atoms with Crippen molar-refractivity contribution in [1.82, 2.24) is 65.3 Å². The number of unbranched alkanes of at least 4 members (excludes halogenated alkanes) is 4. The van der Waals surface area contributed by atoms with E-state index in [1.54, 1.807) is 78.3 Å². The lowest BCUT2D eigenvalue weighted by Crippen LogP contribution is -2.11. The summed E-state index contributed by atoms with van der Waals surface area (Å²) >= 11 is 51.2. The Morgan fingerprint density at radius 3 is 1.02 bits per heavy atom. The smallest absolute Gasteiger partial charge is 0.264 e. The van der Waals surface area contributed by atoms with Crippen LogP contribution in [-0.2, 0) is 0 Å². The highest BCUT2D eigenvalue weighted by Gasteiger charge is 2.18. The standard InChI is InChI=1S/C25H21Cl2N5.C22H20Cl2N6O.C22H20Cl2N6.C21H19Cl2N5S/c26-18-9-12-20(22(27)15-18)25-31-23-6-2-1-5-21(23)24(32-25)30-14-4-3-13-29-19-10-7-17(16-28)8-11-19;23-14-7-8-15(17(24)13-14)22-27-18-6-2-1-5-16(18)21(28-22)26-12-4-3-11-25-19-9-10-20(31)30-29-19;23-15-9-10-16(18(24)14-15)22-28-19-7-2-1-6-17(19)21(29-22)26-12-4-3-11-25-20-8-5-13-27-30-20;22-14-7-8-15(17(23)13-14)20-27-18-6-2-1-5-16(18)19(28-20)24-9-3-4-10-25-21-26-11-12-29-21/h1-2,5-12,15,29H,3-4,13-14H2,(H,30,31,32);1-2,5-10,13H,3-4,11-12H2,(H,25,29)(H,30,31)(H,26,27,28);1-2,5-10,13-14H,3-4,11-12H2,(H,25,30)(H,26,28,29);1-2,5-8,11-13H,3-4,9-10H2,(H,25,26)(H,24,27,28). The van der Waals surface area contributed by atoms with Gasteiger partial charge in [0.05, 0.1) is 53.8 Å². The van der Waals surface area contributed by atoms with Crippen LogP contribution in [0, 0.1) is 11.3 Å². The highest BCUT2D eigenvalue weighted by Crippen LogP contribution is 2.37. The fourth-order valence-corrected chi connectivity index (χ4v) is 15.0. The third-order valence-electron chi connectivity index (χ3n) is 18.6. The minimum atomic E-state index is -0.217. The first-order valence-corrected chi connectivity index (χ1v) is 43.1. The second-order valence-electron chi connectivity index (χ2n) is 27.3. The van der Waals surface area contributed by atoms with Gasteiger partial charge in [0.2, 0.25) is 0 Å². The van der Waals surface area contributed by atoms with E-state index in [1.165, 1.54) is 6.07 Å². The first-order valence-electron chi connectivity index (χ1n) is 39.2. The number of nitrogens with zero attached hydrogens (tertiary/aromatic N) is 13. The molecule has 7 heterocycles. The number of fused-ring (bicyclic) bond motifs is 4. The van der Waals surface area contributed by atoms with E-state index in [4.69, 9.17) is 123 Å². The van der Waals surface area contributed by atoms with Crippen molar-refractivity contribution in [2.24, 2.45) is 0 Å². The fourth-order valence-electron chi connectivity index (χ4n) is 12.5. The molecule has 23 nitrogen and oxygen atoms in total. The van der Waals surface area contributed by atoms with Crippen molar-refractivity contribution >= 4 is 193 Å². The maximum atomic E-state index is 11.0. The van der Waals surface area contributed by atoms with Crippen molar-refractivity contribution in [3.8, 4) is 51.6 Å². The Balaban J connectivity index is 0.000000140. The second-order valence-corrected chi connectivity index (χ2v) is 31.6. The van der Waals surface area contributed by atoms with Gasteiger partial charge < -0.3 is 42.5 Å². The molecule has 9 N–H and O–H groups in total. The van der Waals surface area contributed by atoms with Gasteiger partial charge in [-0.1, -0.05) is 141 Å². The Hall–Kier alpha value is -11.9. The molecule has 0 aliphatic carbocycles. The van der Waals surface area contributed by atoms with Crippen molar-refractivity contribution in [2.75, 3.05) is 94.9 Å². The van der Waals surface area contributed by atoms with Gasteiger partial charge in [0.1, 0.15) is 34.9 Å². The van der Waals surface area contributed by atoms with Gasteiger partial charge in [-0.2, -0.15) is 15.5 Å². The monoisotopic (exact) mass is 1800 g/mol. The lowest BCUT2D eigenvalue weighted by Gasteiger charge is -2.12. The number of H-pyrrole nitrogens is 1. The molecule has 0 unspecified atom stereocenters. The first-order chi connectivity index (χ1) is 59.6. The summed E-state index contributed by atoms with van der Waals surface area (Å²) in [6.45, 7) is 6.45. The third kappa shape index (κ3) is 25.4. The molecule has 0 aliphatic rings. The summed E-state index contributed by atoms with van der Waals surface area (Å²) in [7, 11) is 0. The fraction of sp³-hybridized carbons (Fsp3) is 0.178. The first kappa shape index (κ1) is 87.9. The predicted molar refractivity (Wildman–Crippen MR) is 505 cm³/mol. The van der Waals surface area contributed by atoms with Crippen LogP contribution in [0.2, 0.25) is 40.2 Å². The van der Waals surface area contributed by atoms with Crippen molar-refractivity contribution in [3.63, 3.8) is 0 Å². The van der Waals surface area contributed by atoms with Crippen molar-refractivity contribution in [1.29, 1.82) is 5.26 Å². The highest BCUT2D eigenvalue weighted by molar-refractivity contribution is 7.13. The van der Waals surface area contributed by atoms with E-state index in [-0.39, 0.29) is 5.56 Å². The third-order valence-corrected chi connectivity index (χ3v) is 21.5. The van der Waals surface area contributed by atoms with Crippen molar-refractivity contribution in [2.45, 2.75) is 51.4 Å². The zero-order valence-electron chi connectivity index (χ0n) is 65.5. The van der Waals surface area contributed by atoms with E-state index < -0.39 is 0 Å². The van der Waals surface area contributed by atoms with Crippen LogP contribution in [0.3, 0.4) is 0 Å². The molecule has 16 rings (SSSR count). The minimum Gasteiger partial charge on any atom is -0.385 e. The lowest BCUT2D eigenvalue weighted by atomic mass is 10.1. The largest absolute Gasteiger partial charge is 0.385 e. The summed E-state index contributed by atoms with van der Waals surface area (Å²) in [5.41, 5.74) is 7.89. The van der Waals surface area contributed by atoms with Crippen LogP contribution in [0.25, 0.3) is 89.2 Å². The zero-order chi connectivity index (χ0) is 84.8. The lowest BCUT2D eigenvalue weighted by molar-refractivity contribution is 0.789. The molecule has 0 saturated heterocycles. The van der Waals surface area contributed by atoms with E-state index in [1.807, 2.05) is 163 Å². The normalized spacial score (nSPS) is 10.8. The molecule has 0 aliphatic heterocycles. The van der Waals surface area contributed by atoms with Crippen LogP contribution < -0.4 is 48.1 Å². The summed E-state index contributed by atoms with van der Waals surface area (Å²) in [6.07, 6.45) is 11.3. The van der Waals surface area contributed by atoms with E-state index >= 15 is 0 Å². The number of nitriles is 1. The summed E-state index contributed by atoms with van der Waals surface area (Å²) in [5.74, 6) is 6.87. The molecule has 618 valence electrons. The number of halogens is 8. The minimum absolute atomic E-state index is 0.217. The van der Waals surface area contributed by atoms with Gasteiger partial charge in [-0.05, 0) is 215 Å². The molecule has 0 spiro atoms. The van der Waals surface area contributed by atoms with Crippen LogP contribution in [0.4, 0.5) is 45.7 Å². The van der Waals surface area contributed by atoms with E-state index in [9.17, 15) is 4.79 Å². The van der Waals surface area contributed by atoms with Gasteiger partial charge in [-0.25, -0.2) is 50.0 Å². The number of aromatic amines is 1. The molecule has 0 atom stereocenters. The Kier molecular flexibility index (Phi) is 32.5. The molecular weight excluding hydrogens is 1720 g/mol. The summed E-state index contributed by atoms with van der Waals surface area (Å²) in [4.78, 5) is 53.0. The van der Waals surface area contributed by atoms with Crippen LogP contribution in [0.15, 0.2) is 241 Å². The van der Waals surface area contributed by atoms with Gasteiger partial charge >= 0.3 is 0 Å². The van der Waals surface area contributed by atoms with Crippen molar-refractivity contribution < 1.29 is 0 Å². The molecule has 0 saturated carbocycles. The maximum absolute atomic E-state index is 11.0. The van der Waals surface area contributed by atoms with Gasteiger partial charge in [-0.15, -0.1) is 16.4 Å². The number of benzene rings is 9. The number of thiazole rings is 1. The Morgan fingerprint density at radius 2 is 0.697 bits per heavy atom. The van der Waals surface area contributed by atoms with Crippen molar-refractivity contribution in [3.05, 3.63) is 292 Å². The van der Waals surface area contributed by atoms with Crippen LogP contribution >= 0.6 is 104 Å². The van der Waals surface area contributed by atoms with E-state index in [0.29, 0.717) is 74.9 Å². The average Bonchev–Trinajstić information content (AvgIpc) is 0.847. The molecule has 122 heavy (non-hydrogen) atoms. The molecular formula is C90H80Cl8N22OS. The van der Waals surface area contributed by atoms with Crippen LogP contribution in [0.5, 0.6) is 0 Å². The van der Waals surface area contributed by atoms with Crippen LogP contribution in [-0.4, -0.2) is 118 Å². The van der Waals surface area contributed by atoms with Gasteiger partial charge in [0.25, 0.3) is 5.56 Å². The topological polar surface area (TPSA) is 308 Å². The van der Waals surface area contributed by atoms with Crippen LogP contribution in [0.1, 0.15) is 56.9 Å². The van der Waals surface area contributed by atoms with E-state index in [2.05, 4.69) is 88.9 Å². The SMILES string of the molecule is Clc1ccc(-c2nc(NCCCCNc3cccnn3)c3ccccc3n2)c(Cl)c1.Clc1ccc(-c2nc(NCCCCNc3nccs3)c3ccccc3n2)c(Cl)c1.N#Cc1ccc(NCCCCNc2nc(-c3ccc(Cl)cc3Cl)nc3ccccc23)cc1.O=c1ccc(NCCCCNc2nc(-c3ccc(Cl)cc3Cl)nc3ccccc23)n[nH]1. The number of aromatic nitrogens is 13. The summed E-state index contributed by atoms with van der Waals surface area (Å²) < 4.78 is 0. The highest BCUT2D eigenvalue weighted by atomic mass is 35.5. The van der Waals surface area contributed by atoms with Gasteiger partial charge in [0.15, 0.2) is 28.4 Å². The molecule has 9 aromatic carbocycles. The predicted octanol–water partition coefficient (Wildman–Crippen LogP) is 23.8. The number of hydrogen-bond donors (Lipinski definition) is 9. The Morgan fingerprint density at radius 1 is 0.344 bits per heavy atom. The molecule has 0 bridgehead atoms. The summed E-state index contributed by atoms with van der Waals surface area (Å²) in [5, 5.41) is 61.2. The number of anilines is 8. The average molecular weight is 1800 g/mol. The number of hydrogen-bond acceptors (Lipinski definition) is 23. The molecule has 0 radical (unpaired) electrons.